The molecule has 1 amide bonds. The van der Waals surface area contributed by atoms with Gasteiger partial charge in [0, 0.05) is 31.1 Å². The summed E-state index contributed by atoms with van der Waals surface area (Å²) >= 11 is 1.39. The molecule has 164 valence electrons. The van der Waals surface area contributed by atoms with Crippen LogP contribution < -0.4 is 4.74 Å². The lowest BCUT2D eigenvalue weighted by Gasteiger charge is -2.30. The van der Waals surface area contributed by atoms with Crippen molar-refractivity contribution in [2.24, 2.45) is 0 Å². The number of hydrogen-bond acceptors (Lipinski definition) is 7. The number of likely N-dealkylation sites (tertiary alicyclic amines) is 1. The smallest absolute Gasteiger partial charge is 0.295 e. The van der Waals surface area contributed by atoms with E-state index in [4.69, 9.17) is 9.47 Å². The van der Waals surface area contributed by atoms with Crippen LogP contribution in [0.2, 0.25) is 0 Å². The van der Waals surface area contributed by atoms with Gasteiger partial charge in [0.1, 0.15) is 17.3 Å². The lowest BCUT2D eigenvalue weighted by Crippen LogP contribution is -2.42. The summed E-state index contributed by atoms with van der Waals surface area (Å²) < 4.78 is 24.5. The van der Waals surface area contributed by atoms with Gasteiger partial charge in [-0.25, -0.2) is 4.39 Å². The number of methoxy groups -OCH3 is 1. The average molecular weight is 447 g/mol. The van der Waals surface area contributed by atoms with Gasteiger partial charge in [0.05, 0.1) is 37.5 Å². The number of carbonyl (C=O) groups is 2. The van der Waals surface area contributed by atoms with Crippen LogP contribution in [0, 0.1) is 5.82 Å². The Balaban J connectivity index is 1.74. The van der Waals surface area contributed by atoms with E-state index in [1.165, 1.54) is 35.5 Å². The topological polar surface area (TPSA) is 79.3 Å². The number of halogens is 1. The summed E-state index contributed by atoms with van der Waals surface area (Å²) in [4.78, 5) is 30.3. The zero-order valence-electron chi connectivity index (χ0n) is 17.0. The normalized spacial score (nSPS) is 21.6. The molecule has 0 bridgehead atoms. The van der Waals surface area contributed by atoms with Crippen LogP contribution in [0.25, 0.3) is 5.76 Å². The van der Waals surface area contributed by atoms with Gasteiger partial charge in [0.25, 0.3) is 11.7 Å². The van der Waals surface area contributed by atoms with Crippen LogP contribution in [-0.4, -0.2) is 73.1 Å². The van der Waals surface area contributed by atoms with Gasteiger partial charge in [0.15, 0.2) is 0 Å². The van der Waals surface area contributed by atoms with Gasteiger partial charge in [-0.1, -0.05) is 6.07 Å². The second-order valence-electron chi connectivity index (χ2n) is 7.31. The molecule has 0 radical (unpaired) electrons. The summed E-state index contributed by atoms with van der Waals surface area (Å²) in [6, 6.07) is 6.57. The number of nitrogens with zero attached hydrogens (tertiary/aromatic N) is 2. The number of amides is 1. The minimum absolute atomic E-state index is 0.0373. The minimum Gasteiger partial charge on any atom is -0.507 e. The van der Waals surface area contributed by atoms with Crippen molar-refractivity contribution in [3.63, 3.8) is 0 Å². The maximum Gasteiger partial charge on any atom is 0.295 e. The maximum atomic E-state index is 13.9. The Labute approximate surface area is 183 Å². The van der Waals surface area contributed by atoms with Crippen LogP contribution >= 0.6 is 11.3 Å². The highest BCUT2D eigenvalue weighted by molar-refractivity contribution is 7.10. The van der Waals surface area contributed by atoms with Crippen LogP contribution in [0.3, 0.4) is 0 Å². The van der Waals surface area contributed by atoms with Gasteiger partial charge in [0.2, 0.25) is 0 Å². The molecule has 0 spiro atoms. The van der Waals surface area contributed by atoms with E-state index in [1.807, 2.05) is 17.5 Å². The molecule has 1 atom stereocenters. The lowest BCUT2D eigenvalue weighted by atomic mass is 9.99. The van der Waals surface area contributed by atoms with Crippen molar-refractivity contribution in [2.45, 2.75) is 6.04 Å². The molecular formula is C22H23FN2O5S. The number of rotatable bonds is 6. The molecule has 1 N–H and O–H groups in total. The second-order valence-corrected chi connectivity index (χ2v) is 8.29. The molecule has 2 aromatic rings. The first-order chi connectivity index (χ1) is 15.0. The second kappa shape index (κ2) is 9.17. The number of aliphatic hydroxyl groups excluding tert-OH is 1. The molecular weight excluding hydrogens is 423 g/mol. The summed E-state index contributed by atoms with van der Waals surface area (Å²) in [5.74, 6) is -2.28. The summed E-state index contributed by atoms with van der Waals surface area (Å²) in [5.41, 5.74) is -0.0198. The molecule has 1 unspecified atom stereocenters. The molecule has 7 nitrogen and oxygen atoms in total. The zero-order chi connectivity index (χ0) is 22.0. The van der Waals surface area contributed by atoms with Crippen LogP contribution in [0.15, 0.2) is 41.3 Å². The predicted octanol–water partition coefficient (Wildman–Crippen LogP) is 2.65. The van der Waals surface area contributed by atoms with Gasteiger partial charge in [-0.3, -0.25) is 14.5 Å². The Bertz CT molecular complexity index is 1000. The largest absolute Gasteiger partial charge is 0.507 e. The highest BCUT2D eigenvalue weighted by atomic mass is 32.1. The predicted molar refractivity (Wildman–Crippen MR) is 114 cm³/mol. The molecule has 3 heterocycles. The quantitative estimate of drug-likeness (QED) is 0.418. The van der Waals surface area contributed by atoms with E-state index in [0.29, 0.717) is 26.3 Å². The third kappa shape index (κ3) is 4.21. The van der Waals surface area contributed by atoms with E-state index in [9.17, 15) is 19.1 Å². The summed E-state index contributed by atoms with van der Waals surface area (Å²) in [5, 5.41) is 12.9. The van der Waals surface area contributed by atoms with Crippen molar-refractivity contribution >= 4 is 28.8 Å². The molecule has 9 heteroatoms. The number of Topliss-reactive ketones (excluding diaryl/α,β-unsaturated/α-hetero) is 1. The molecule has 0 aliphatic carbocycles. The Morgan fingerprint density at radius 3 is 2.71 bits per heavy atom. The summed E-state index contributed by atoms with van der Waals surface area (Å²) in [7, 11) is 1.39. The van der Waals surface area contributed by atoms with E-state index in [1.54, 1.807) is 0 Å². The van der Waals surface area contributed by atoms with Crippen molar-refractivity contribution in [1.82, 2.24) is 9.80 Å². The minimum atomic E-state index is -0.788. The average Bonchev–Trinajstić information content (AvgIpc) is 3.40. The maximum absolute atomic E-state index is 13.9. The zero-order valence-corrected chi connectivity index (χ0v) is 17.9. The molecule has 31 heavy (non-hydrogen) atoms. The van der Waals surface area contributed by atoms with E-state index in [-0.39, 0.29) is 16.9 Å². The van der Waals surface area contributed by atoms with E-state index < -0.39 is 29.3 Å². The number of ketones is 1. The Hall–Kier alpha value is -2.75. The van der Waals surface area contributed by atoms with Gasteiger partial charge in [-0.15, -0.1) is 11.3 Å². The van der Waals surface area contributed by atoms with Crippen molar-refractivity contribution < 1.29 is 28.6 Å². The summed E-state index contributed by atoms with van der Waals surface area (Å²) in [6.07, 6.45) is 0. The van der Waals surface area contributed by atoms with Gasteiger partial charge in [-0.2, -0.15) is 0 Å². The van der Waals surface area contributed by atoms with Crippen LogP contribution in [0.1, 0.15) is 16.5 Å². The first-order valence-corrected chi connectivity index (χ1v) is 10.8. The molecule has 1 aromatic heterocycles. The van der Waals surface area contributed by atoms with E-state index in [0.717, 1.165) is 24.0 Å². The fourth-order valence-corrected chi connectivity index (χ4v) is 4.78. The first kappa shape index (κ1) is 21.5. The van der Waals surface area contributed by atoms with Gasteiger partial charge in [-0.05, 0) is 29.6 Å². The van der Waals surface area contributed by atoms with Crippen molar-refractivity contribution in [3.05, 3.63) is 57.5 Å². The molecule has 0 saturated carbocycles. The highest BCUT2D eigenvalue weighted by Crippen LogP contribution is 2.42. The molecule has 2 aliphatic heterocycles. The fraction of sp³-hybridized carbons (Fsp3) is 0.364. The van der Waals surface area contributed by atoms with Gasteiger partial charge >= 0.3 is 0 Å². The highest BCUT2D eigenvalue weighted by Gasteiger charge is 2.46. The number of hydrogen-bond donors (Lipinski definition) is 1. The first-order valence-electron chi connectivity index (χ1n) is 9.97. The van der Waals surface area contributed by atoms with Crippen molar-refractivity contribution in [1.29, 1.82) is 0 Å². The number of aliphatic hydroxyl groups is 1. The van der Waals surface area contributed by atoms with Crippen LogP contribution in [0.4, 0.5) is 4.39 Å². The van der Waals surface area contributed by atoms with E-state index in [2.05, 4.69) is 4.90 Å². The standard InChI is InChI=1S/C22H23FN2O5S/c1-29-16-5-4-14(23)13-15(16)20(26)18-19(17-3-2-12-31-17)25(22(28)21(18)27)7-6-24-8-10-30-11-9-24/h2-5,12-13,19,26H,6-11H2,1H3/b20-18+. The Morgan fingerprint density at radius 2 is 2.03 bits per heavy atom. The lowest BCUT2D eigenvalue weighted by molar-refractivity contribution is -0.140. The number of morpholine rings is 1. The van der Waals surface area contributed by atoms with E-state index >= 15 is 0 Å². The van der Waals surface area contributed by atoms with Crippen molar-refractivity contribution in [3.8, 4) is 5.75 Å². The Kier molecular flexibility index (Phi) is 6.35. The summed E-state index contributed by atoms with van der Waals surface area (Å²) in [6.45, 7) is 3.69. The molecule has 2 aliphatic rings. The van der Waals surface area contributed by atoms with Gasteiger partial charge < -0.3 is 19.5 Å². The monoisotopic (exact) mass is 446 g/mol. The third-order valence-corrected chi connectivity index (χ3v) is 6.45. The Morgan fingerprint density at radius 1 is 1.26 bits per heavy atom. The van der Waals surface area contributed by atoms with Crippen LogP contribution in [0.5, 0.6) is 5.75 Å². The number of carbonyl (C=O) groups excluding carboxylic acids is 2. The fourth-order valence-electron chi connectivity index (χ4n) is 3.94. The molecule has 1 aromatic carbocycles. The number of ether oxygens (including phenoxy) is 2. The molecule has 2 fully saturated rings. The molecule has 2 saturated heterocycles. The SMILES string of the molecule is COc1ccc(F)cc1/C(O)=C1\C(=O)C(=O)N(CCN2CCOCC2)C1c1cccs1. The van der Waals surface area contributed by atoms with Crippen LogP contribution in [-0.2, 0) is 14.3 Å². The van der Waals surface area contributed by atoms with Crippen molar-refractivity contribution in [2.75, 3.05) is 46.5 Å². The number of benzene rings is 1. The molecule has 4 rings (SSSR count). The third-order valence-electron chi connectivity index (χ3n) is 5.53. The number of thiophene rings is 1.